The summed E-state index contributed by atoms with van der Waals surface area (Å²) in [7, 11) is 1.54. The Balaban J connectivity index is 1.93. The molecule has 8 nitrogen and oxygen atoms in total. The van der Waals surface area contributed by atoms with Gasteiger partial charge in [-0.2, -0.15) is 0 Å². The number of carboxylic acids is 1. The van der Waals surface area contributed by atoms with Crippen LogP contribution in [0.1, 0.15) is 12.6 Å². The molecule has 0 aliphatic carbocycles. The molecule has 1 aromatic carbocycles. The fraction of sp³-hybridized carbons (Fsp3) is 0.294. The Labute approximate surface area is 145 Å². The second-order valence-electron chi connectivity index (χ2n) is 5.66. The van der Waals surface area contributed by atoms with Gasteiger partial charge in [0.2, 0.25) is 0 Å². The molecule has 0 bridgehead atoms. The molecule has 1 heterocycles. The van der Waals surface area contributed by atoms with Crippen LogP contribution in [-0.2, 0) is 4.79 Å². The molecule has 0 fully saturated rings. The molecule has 2 rings (SSSR count). The van der Waals surface area contributed by atoms with Crippen molar-refractivity contribution in [1.82, 2.24) is 14.9 Å². The van der Waals surface area contributed by atoms with E-state index in [-0.39, 0.29) is 18.6 Å². The molecule has 1 atom stereocenters. The Hall–Kier alpha value is -3.16. The van der Waals surface area contributed by atoms with Crippen molar-refractivity contribution in [2.75, 3.05) is 18.9 Å². The van der Waals surface area contributed by atoms with Gasteiger partial charge in [-0.15, -0.1) is 0 Å². The van der Waals surface area contributed by atoms with Gasteiger partial charge in [0.05, 0.1) is 5.92 Å². The highest BCUT2D eigenvalue weighted by atomic mass is 16.5. The largest absolute Gasteiger partial charge is 0.481 e. The first-order valence-electron chi connectivity index (χ1n) is 7.67. The minimum absolute atomic E-state index is 0.118. The third kappa shape index (κ3) is 5.45. The predicted octanol–water partition coefficient (Wildman–Crippen LogP) is 2.76. The minimum Gasteiger partial charge on any atom is -0.481 e. The summed E-state index contributed by atoms with van der Waals surface area (Å²) < 4.78 is 5.53. The number of carboxylic acid groups (broad SMARTS) is 1. The summed E-state index contributed by atoms with van der Waals surface area (Å²) in [6, 6.07) is 8.35. The normalized spacial score (nSPS) is 11.5. The monoisotopic (exact) mass is 344 g/mol. The van der Waals surface area contributed by atoms with Crippen molar-refractivity contribution >= 4 is 17.7 Å². The lowest BCUT2D eigenvalue weighted by atomic mass is 10.2. The Bertz CT molecular complexity index is 749. The Morgan fingerprint density at radius 1 is 1.28 bits per heavy atom. The van der Waals surface area contributed by atoms with Gasteiger partial charge in [-0.25, -0.2) is 14.8 Å². The average Bonchev–Trinajstić information content (AvgIpc) is 2.56. The number of urea groups is 1. The van der Waals surface area contributed by atoms with Crippen LogP contribution in [0.5, 0.6) is 11.8 Å². The quantitative estimate of drug-likeness (QED) is 0.835. The second-order valence-corrected chi connectivity index (χ2v) is 5.66. The van der Waals surface area contributed by atoms with Crippen molar-refractivity contribution in [2.45, 2.75) is 13.8 Å². The van der Waals surface area contributed by atoms with E-state index in [0.29, 0.717) is 11.4 Å². The summed E-state index contributed by atoms with van der Waals surface area (Å²) in [6.45, 7) is 3.51. The van der Waals surface area contributed by atoms with Gasteiger partial charge in [0, 0.05) is 31.2 Å². The smallest absolute Gasteiger partial charge is 0.322 e. The lowest BCUT2D eigenvalue weighted by Crippen LogP contribution is -2.36. The third-order valence-corrected chi connectivity index (χ3v) is 3.40. The van der Waals surface area contributed by atoms with Crippen molar-refractivity contribution < 1.29 is 19.4 Å². The molecule has 0 radical (unpaired) electrons. The zero-order valence-electron chi connectivity index (χ0n) is 14.3. The summed E-state index contributed by atoms with van der Waals surface area (Å²) in [6.07, 6.45) is 1.61. The Kier molecular flexibility index (Phi) is 5.89. The number of nitrogens with zero attached hydrogens (tertiary/aromatic N) is 3. The van der Waals surface area contributed by atoms with Crippen LogP contribution in [-0.4, -0.2) is 45.6 Å². The number of hydrogen-bond donors (Lipinski definition) is 2. The summed E-state index contributed by atoms with van der Waals surface area (Å²) in [5.74, 6) is -1.04. The van der Waals surface area contributed by atoms with Gasteiger partial charge in [0.15, 0.2) is 0 Å². The molecule has 0 spiro atoms. The van der Waals surface area contributed by atoms with E-state index in [1.54, 1.807) is 50.5 Å². The number of aryl methyl sites for hydroxylation is 1. The zero-order valence-corrected chi connectivity index (χ0v) is 14.3. The Morgan fingerprint density at radius 3 is 2.56 bits per heavy atom. The van der Waals surface area contributed by atoms with Gasteiger partial charge in [-0.1, -0.05) is 6.92 Å². The first-order valence-corrected chi connectivity index (χ1v) is 7.67. The standard InChI is InChI=1S/C17H20N4O4/c1-11(15(22)23)10-21(3)17(24)20-13-4-6-14(7-5-13)25-16-18-9-8-12(2)19-16/h4-9,11H,10H2,1-3H3,(H,20,24)(H,22,23). The number of hydrogen-bond acceptors (Lipinski definition) is 5. The number of carbonyl (C=O) groups excluding carboxylic acids is 1. The van der Waals surface area contributed by atoms with Crippen molar-refractivity contribution in [1.29, 1.82) is 0 Å². The SMILES string of the molecule is Cc1ccnc(Oc2ccc(NC(=O)N(C)CC(C)C(=O)O)cc2)n1. The van der Waals surface area contributed by atoms with Crippen LogP contribution >= 0.6 is 0 Å². The fourth-order valence-electron chi connectivity index (χ4n) is 1.98. The average molecular weight is 344 g/mol. The van der Waals surface area contributed by atoms with Gasteiger partial charge < -0.3 is 20.1 Å². The van der Waals surface area contributed by atoms with Crippen LogP contribution < -0.4 is 10.1 Å². The molecule has 8 heteroatoms. The molecule has 2 N–H and O–H groups in total. The number of anilines is 1. The molecule has 0 aliphatic rings. The molecular weight excluding hydrogens is 324 g/mol. The van der Waals surface area contributed by atoms with E-state index < -0.39 is 11.9 Å². The molecule has 0 saturated heterocycles. The first-order chi connectivity index (χ1) is 11.8. The van der Waals surface area contributed by atoms with Gasteiger partial charge >= 0.3 is 18.0 Å². The summed E-state index contributed by atoms with van der Waals surface area (Å²) in [5.41, 5.74) is 1.37. The molecule has 2 aromatic rings. The van der Waals surface area contributed by atoms with Crippen molar-refractivity contribution in [3.8, 4) is 11.8 Å². The Morgan fingerprint density at radius 2 is 1.96 bits per heavy atom. The van der Waals surface area contributed by atoms with Crippen molar-refractivity contribution in [2.24, 2.45) is 5.92 Å². The molecule has 132 valence electrons. The van der Waals surface area contributed by atoms with E-state index in [1.165, 1.54) is 4.90 Å². The van der Waals surface area contributed by atoms with Crippen LogP contribution in [0.15, 0.2) is 36.5 Å². The second kappa shape index (κ2) is 8.09. The van der Waals surface area contributed by atoms with E-state index in [9.17, 15) is 9.59 Å². The van der Waals surface area contributed by atoms with E-state index in [2.05, 4.69) is 15.3 Å². The summed E-state index contributed by atoms with van der Waals surface area (Å²) in [4.78, 5) is 32.4. The van der Waals surface area contributed by atoms with Gasteiger partial charge in [0.25, 0.3) is 0 Å². The predicted molar refractivity (Wildman–Crippen MR) is 91.7 cm³/mol. The lowest BCUT2D eigenvalue weighted by molar-refractivity contribution is -0.141. The number of amides is 2. The molecule has 1 aromatic heterocycles. The first kappa shape index (κ1) is 18.2. The van der Waals surface area contributed by atoms with Crippen LogP contribution in [0.3, 0.4) is 0 Å². The maximum Gasteiger partial charge on any atom is 0.322 e. The highest BCUT2D eigenvalue weighted by Crippen LogP contribution is 2.20. The topological polar surface area (TPSA) is 105 Å². The number of rotatable bonds is 6. The van der Waals surface area contributed by atoms with Crippen LogP contribution in [0.4, 0.5) is 10.5 Å². The van der Waals surface area contributed by atoms with Crippen molar-refractivity contribution in [3.63, 3.8) is 0 Å². The molecule has 0 saturated carbocycles. The van der Waals surface area contributed by atoms with Crippen LogP contribution in [0, 0.1) is 12.8 Å². The molecule has 0 aliphatic heterocycles. The number of carbonyl (C=O) groups is 2. The van der Waals surface area contributed by atoms with Crippen LogP contribution in [0.2, 0.25) is 0 Å². The van der Waals surface area contributed by atoms with E-state index in [0.717, 1.165) is 5.69 Å². The number of ether oxygens (including phenoxy) is 1. The lowest BCUT2D eigenvalue weighted by Gasteiger charge is -2.20. The molecular formula is C17H20N4O4. The van der Waals surface area contributed by atoms with Crippen LogP contribution in [0.25, 0.3) is 0 Å². The molecule has 2 amide bonds. The zero-order chi connectivity index (χ0) is 18.4. The highest BCUT2D eigenvalue weighted by Gasteiger charge is 2.17. The van der Waals surface area contributed by atoms with E-state index in [1.807, 2.05) is 6.92 Å². The number of benzene rings is 1. The van der Waals surface area contributed by atoms with Gasteiger partial charge in [0.1, 0.15) is 5.75 Å². The molecule has 25 heavy (non-hydrogen) atoms. The molecule has 1 unspecified atom stereocenters. The number of aliphatic carboxylic acids is 1. The highest BCUT2D eigenvalue weighted by molar-refractivity contribution is 5.89. The third-order valence-electron chi connectivity index (χ3n) is 3.40. The maximum atomic E-state index is 12.1. The van der Waals surface area contributed by atoms with Gasteiger partial charge in [-0.3, -0.25) is 4.79 Å². The number of nitrogens with one attached hydrogen (secondary N) is 1. The minimum atomic E-state index is -0.945. The maximum absolute atomic E-state index is 12.1. The fourth-order valence-corrected chi connectivity index (χ4v) is 1.98. The van der Waals surface area contributed by atoms with Gasteiger partial charge in [-0.05, 0) is 37.3 Å². The summed E-state index contributed by atoms with van der Waals surface area (Å²) in [5, 5.41) is 11.6. The van der Waals surface area contributed by atoms with E-state index in [4.69, 9.17) is 9.84 Å². The summed E-state index contributed by atoms with van der Waals surface area (Å²) >= 11 is 0. The van der Waals surface area contributed by atoms with E-state index >= 15 is 0 Å². The number of aromatic nitrogens is 2. The van der Waals surface area contributed by atoms with Crippen molar-refractivity contribution in [3.05, 3.63) is 42.2 Å².